The first-order valence-electron chi connectivity index (χ1n) is 8.63. The Morgan fingerprint density at radius 2 is 1.83 bits per heavy atom. The van der Waals surface area contributed by atoms with E-state index in [-0.39, 0.29) is 11.8 Å². The molecule has 24 heavy (non-hydrogen) atoms. The van der Waals surface area contributed by atoms with E-state index in [1.54, 1.807) is 0 Å². The summed E-state index contributed by atoms with van der Waals surface area (Å²) in [5, 5.41) is 0. The number of hydrogen-bond donors (Lipinski definition) is 0. The Morgan fingerprint density at radius 3 is 2.50 bits per heavy atom. The molecule has 1 amide bonds. The molecule has 1 aromatic heterocycles. The van der Waals surface area contributed by atoms with Crippen LogP contribution in [0.2, 0.25) is 0 Å². The highest BCUT2D eigenvalue weighted by Crippen LogP contribution is 2.21. The van der Waals surface area contributed by atoms with E-state index in [1.807, 2.05) is 48.5 Å². The third kappa shape index (κ3) is 4.42. The van der Waals surface area contributed by atoms with Gasteiger partial charge < -0.3 is 4.90 Å². The van der Waals surface area contributed by atoms with Crippen LogP contribution in [0.1, 0.15) is 24.1 Å². The summed E-state index contributed by atoms with van der Waals surface area (Å²) in [5.41, 5.74) is 2.28. The van der Waals surface area contributed by atoms with E-state index in [0.717, 1.165) is 38.2 Å². The van der Waals surface area contributed by atoms with Gasteiger partial charge in [0, 0.05) is 32.3 Å². The molecule has 1 aliphatic rings. The van der Waals surface area contributed by atoms with Crippen molar-refractivity contribution in [3.8, 4) is 0 Å². The first kappa shape index (κ1) is 16.7. The van der Waals surface area contributed by atoms with Gasteiger partial charge in [-0.05, 0) is 43.6 Å². The molecule has 0 aliphatic carbocycles. The van der Waals surface area contributed by atoms with E-state index in [2.05, 4.69) is 28.1 Å². The number of aromatic nitrogens is 1. The van der Waals surface area contributed by atoms with Crippen LogP contribution >= 0.6 is 0 Å². The molecular weight excluding hydrogens is 298 g/mol. The second-order valence-electron chi connectivity index (χ2n) is 6.55. The molecule has 2 aromatic rings. The van der Waals surface area contributed by atoms with Crippen LogP contribution in [0, 0.1) is 5.92 Å². The van der Waals surface area contributed by atoms with Crippen LogP contribution < -0.4 is 0 Å². The zero-order valence-electron chi connectivity index (χ0n) is 14.3. The Balaban J connectivity index is 1.48. The summed E-state index contributed by atoms with van der Waals surface area (Å²) in [6.45, 7) is 3.49. The van der Waals surface area contributed by atoms with E-state index in [0.29, 0.717) is 6.54 Å². The fourth-order valence-electron chi connectivity index (χ4n) is 3.31. The Kier molecular flexibility index (Phi) is 5.59. The summed E-state index contributed by atoms with van der Waals surface area (Å²) in [6.07, 6.45) is 3.71. The van der Waals surface area contributed by atoms with Gasteiger partial charge >= 0.3 is 0 Å². The van der Waals surface area contributed by atoms with Crippen molar-refractivity contribution < 1.29 is 4.79 Å². The summed E-state index contributed by atoms with van der Waals surface area (Å²) in [6, 6.07) is 16.2. The number of rotatable bonds is 5. The minimum atomic E-state index is 0.152. The lowest BCUT2D eigenvalue weighted by Crippen LogP contribution is -2.40. The van der Waals surface area contributed by atoms with Gasteiger partial charge in [0.05, 0.1) is 5.69 Å². The molecule has 0 N–H and O–H groups in total. The Hall–Kier alpha value is -2.20. The topological polar surface area (TPSA) is 36.4 Å². The van der Waals surface area contributed by atoms with Gasteiger partial charge in [0.15, 0.2) is 0 Å². The number of likely N-dealkylation sites (tertiary alicyclic amines) is 1. The summed E-state index contributed by atoms with van der Waals surface area (Å²) < 4.78 is 0. The second-order valence-corrected chi connectivity index (χ2v) is 6.55. The monoisotopic (exact) mass is 323 g/mol. The number of carbonyl (C=O) groups is 1. The third-order valence-corrected chi connectivity index (χ3v) is 4.69. The summed E-state index contributed by atoms with van der Waals surface area (Å²) in [4.78, 5) is 21.3. The molecule has 0 saturated carbocycles. The van der Waals surface area contributed by atoms with Crippen LogP contribution in [0.15, 0.2) is 54.7 Å². The average Bonchev–Trinajstić information content (AvgIpc) is 2.63. The second kappa shape index (κ2) is 8.06. The quantitative estimate of drug-likeness (QED) is 0.849. The smallest absolute Gasteiger partial charge is 0.225 e. The van der Waals surface area contributed by atoms with Gasteiger partial charge in [0.1, 0.15) is 0 Å². The largest absolute Gasteiger partial charge is 0.341 e. The van der Waals surface area contributed by atoms with Gasteiger partial charge in [-0.2, -0.15) is 0 Å². The molecule has 1 fully saturated rings. The van der Waals surface area contributed by atoms with E-state index in [9.17, 15) is 4.79 Å². The molecule has 4 nitrogen and oxygen atoms in total. The molecule has 4 heteroatoms. The van der Waals surface area contributed by atoms with Crippen LogP contribution in [0.5, 0.6) is 0 Å². The molecular formula is C20H25N3O. The summed E-state index contributed by atoms with van der Waals surface area (Å²) in [5.74, 6) is 0.426. The van der Waals surface area contributed by atoms with Crippen LogP contribution in [-0.2, 0) is 17.9 Å². The van der Waals surface area contributed by atoms with E-state index in [4.69, 9.17) is 0 Å². The van der Waals surface area contributed by atoms with Crippen molar-refractivity contribution in [2.75, 3.05) is 20.1 Å². The van der Waals surface area contributed by atoms with Crippen LogP contribution in [0.4, 0.5) is 0 Å². The lowest BCUT2D eigenvalue weighted by molar-refractivity contribution is -0.136. The van der Waals surface area contributed by atoms with Gasteiger partial charge in [0.25, 0.3) is 0 Å². The van der Waals surface area contributed by atoms with Crippen molar-refractivity contribution in [1.29, 1.82) is 0 Å². The standard InChI is InChI=1S/C20H25N3O/c1-22(15-17-7-3-2-4-8-17)20(24)18-10-13-23(14-11-18)16-19-9-5-6-12-21-19/h2-9,12,18H,10-11,13-16H2,1H3. The number of carbonyl (C=O) groups excluding carboxylic acids is 1. The number of hydrogen-bond acceptors (Lipinski definition) is 3. The number of piperidine rings is 1. The molecule has 0 bridgehead atoms. The average molecular weight is 323 g/mol. The molecule has 0 radical (unpaired) electrons. The molecule has 1 aromatic carbocycles. The van der Waals surface area contributed by atoms with E-state index >= 15 is 0 Å². The highest BCUT2D eigenvalue weighted by Gasteiger charge is 2.27. The van der Waals surface area contributed by atoms with Gasteiger partial charge in [0.2, 0.25) is 5.91 Å². The van der Waals surface area contributed by atoms with Crippen LogP contribution in [0.3, 0.4) is 0 Å². The van der Waals surface area contributed by atoms with Gasteiger partial charge in [-0.3, -0.25) is 14.7 Å². The molecule has 1 saturated heterocycles. The summed E-state index contributed by atoms with van der Waals surface area (Å²) in [7, 11) is 1.91. The van der Waals surface area contributed by atoms with Gasteiger partial charge in [-0.15, -0.1) is 0 Å². The Bertz CT molecular complexity index is 636. The molecule has 0 unspecified atom stereocenters. The molecule has 126 valence electrons. The maximum Gasteiger partial charge on any atom is 0.225 e. The van der Waals surface area contributed by atoms with Crippen molar-refractivity contribution in [2.45, 2.75) is 25.9 Å². The van der Waals surface area contributed by atoms with Crippen molar-refractivity contribution in [3.05, 3.63) is 66.0 Å². The highest BCUT2D eigenvalue weighted by molar-refractivity contribution is 5.78. The Morgan fingerprint density at radius 1 is 1.12 bits per heavy atom. The van der Waals surface area contributed by atoms with Gasteiger partial charge in [-0.1, -0.05) is 36.4 Å². The fraction of sp³-hybridized carbons (Fsp3) is 0.400. The van der Waals surface area contributed by atoms with E-state index in [1.165, 1.54) is 5.56 Å². The SMILES string of the molecule is CN(Cc1ccccc1)C(=O)C1CCN(Cc2ccccn2)CC1. The van der Waals surface area contributed by atoms with Crippen molar-refractivity contribution in [2.24, 2.45) is 5.92 Å². The van der Waals surface area contributed by atoms with Crippen molar-refractivity contribution in [3.63, 3.8) is 0 Å². The number of nitrogens with zero attached hydrogens (tertiary/aromatic N) is 3. The number of benzene rings is 1. The minimum absolute atomic E-state index is 0.152. The maximum absolute atomic E-state index is 12.7. The lowest BCUT2D eigenvalue weighted by atomic mass is 9.95. The highest BCUT2D eigenvalue weighted by atomic mass is 16.2. The van der Waals surface area contributed by atoms with Gasteiger partial charge in [-0.25, -0.2) is 0 Å². The molecule has 3 rings (SSSR count). The normalized spacial score (nSPS) is 16.0. The lowest BCUT2D eigenvalue weighted by Gasteiger charge is -2.33. The molecule has 0 spiro atoms. The number of amides is 1. The van der Waals surface area contributed by atoms with E-state index < -0.39 is 0 Å². The van der Waals surface area contributed by atoms with Crippen LogP contribution in [-0.4, -0.2) is 40.8 Å². The van der Waals surface area contributed by atoms with Crippen LogP contribution in [0.25, 0.3) is 0 Å². The zero-order chi connectivity index (χ0) is 16.8. The number of pyridine rings is 1. The summed E-state index contributed by atoms with van der Waals surface area (Å²) >= 11 is 0. The van der Waals surface area contributed by atoms with Crippen molar-refractivity contribution in [1.82, 2.24) is 14.8 Å². The fourth-order valence-corrected chi connectivity index (χ4v) is 3.31. The molecule has 1 aliphatic heterocycles. The Labute approximate surface area is 144 Å². The molecule has 2 heterocycles. The first-order valence-corrected chi connectivity index (χ1v) is 8.63. The first-order chi connectivity index (χ1) is 11.7. The molecule has 0 atom stereocenters. The maximum atomic E-state index is 12.7. The third-order valence-electron chi connectivity index (χ3n) is 4.69. The predicted octanol–water partition coefficient (Wildman–Crippen LogP) is 2.95. The minimum Gasteiger partial charge on any atom is -0.341 e. The zero-order valence-corrected chi connectivity index (χ0v) is 14.3. The predicted molar refractivity (Wildman–Crippen MR) is 95.2 cm³/mol. The van der Waals surface area contributed by atoms with Crippen molar-refractivity contribution >= 4 is 5.91 Å².